The summed E-state index contributed by atoms with van der Waals surface area (Å²) in [6.07, 6.45) is 5.44. The van der Waals surface area contributed by atoms with Gasteiger partial charge in [0, 0.05) is 50.2 Å². The van der Waals surface area contributed by atoms with Crippen molar-refractivity contribution in [1.82, 2.24) is 14.9 Å². The van der Waals surface area contributed by atoms with Crippen molar-refractivity contribution in [2.75, 3.05) is 48.4 Å². The molecular formula is C25H29N7O4. The average Bonchev–Trinajstić information content (AvgIpc) is 3.73. The Hall–Kier alpha value is -4.41. The van der Waals surface area contributed by atoms with Gasteiger partial charge in [-0.25, -0.2) is 4.98 Å². The Bertz CT molecular complexity index is 1200. The smallest absolute Gasteiger partial charge is 0.254 e. The molecule has 0 unspecified atom stereocenters. The Morgan fingerprint density at radius 2 is 1.89 bits per heavy atom. The molecule has 2 fully saturated rings. The predicted molar refractivity (Wildman–Crippen MR) is 137 cm³/mol. The minimum atomic E-state index is -0.722. The first-order valence-electron chi connectivity index (χ1n) is 11.6. The van der Waals surface area contributed by atoms with Crippen LogP contribution in [0.15, 0.2) is 49.7 Å². The van der Waals surface area contributed by atoms with Crippen molar-refractivity contribution < 1.29 is 19.1 Å². The van der Waals surface area contributed by atoms with Gasteiger partial charge in [-0.2, -0.15) is 4.98 Å². The molecular weight excluding hydrogens is 462 g/mol. The van der Waals surface area contributed by atoms with Crippen LogP contribution in [0.3, 0.4) is 0 Å². The van der Waals surface area contributed by atoms with Crippen molar-refractivity contribution in [3.63, 3.8) is 0 Å². The zero-order valence-electron chi connectivity index (χ0n) is 20.1. The second kappa shape index (κ2) is 10.5. The molecule has 0 bridgehead atoms. The number of nitrogens with zero attached hydrogens (tertiary/aromatic N) is 5. The van der Waals surface area contributed by atoms with Gasteiger partial charge >= 0.3 is 0 Å². The van der Waals surface area contributed by atoms with Crippen LogP contribution in [-0.4, -0.2) is 71.9 Å². The summed E-state index contributed by atoms with van der Waals surface area (Å²) in [5.41, 5.74) is 7.14. The van der Waals surface area contributed by atoms with Crippen molar-refractivity contribution in [3.05, 3.63) is 55.3 Å². The van der Waals surface area contributed by atoms with Gasteiger partial charge in [0.05, 0.1) is 12.8 Å². The number of carbonyl (C=O) groups excluding carboxylic acids is 3. The van der Waals surface area contributed by atoms with E-state index in [4.69, 9.17) is 10.5 Å². The standard InChI is InChI=1S/C25H29N7O4/c1-4-21(33)31-12-10-30(11-13-31)19-9-6-16(14-20(19)36-3)28-25-27-15-18(23(26)35)24(29-25)32(17-7-8-17)22(34)5-2/h4-6,9,14-15,17H,1-2,7-8,10-13H2,3H3,(H2,26,35)(H,27,28,29). The van der Waals surface area contributed by atoms with Gasteiger partial charge < -0.3 is 25.6 Å². The van der Waals surface area contributed by atoms with Crippen LogP contribution >= 0.6 is 0 Å². The molecule has 1 aliphatic carbocycles. The quantitative estimate of drug-likeness (QED) is 0.508. The number of methoxy groups -OCH3 is 1. The van der Waals surface area contributed by atoms with E-state index in [-0.39, 0.29) is 35.2 Å². The zero-order chi connectivity index (χ0) is 25.8. The topological polar surface area (TPSA) is 134 Å². The molecule has 4 rings (SSSR count). The van der Waals surface area contributed by atoms with Crippen LogP contribution in [0.1, 0.15) is 23.2 Å². The van der Waals surface area contributed by atoms with Gasteiger partial charge in [-0.1, -0.05) is 13.2 Å². The molecule has 36 heavy (non-hydrogen) atoms. The molecule has 1 saturated heterocycles. The lowest BCUT2D eigenvalue weighted by Gasteiger charge is -2.36. The first-order chi connectivity index (χ1) is 17.4. The van der Waals surface area contributed by atoms with Crippen LogP contribution < -0.4 is 25.6 Å². The number of benzene rings is 1. The fourth-order valence-electron chi connectivity index (χ4n) is 4.12. The normalized spacial score (nSPS) is 15.1. The highest BCUT2D eigenvalue weighted by Gasteiger charge is 2.36. The maximum atomic E-state index is 12.5. The van der Waals surface area contributed by atoms with E-state index in [1.165, 1.54) is 23.2 Å². The molecule has 1 aromatic heterocycles. The van der Waals surface area contributed by atoms with Gasteiger partial charge in [0.25, 0.3) is 11.8 Å². The highest BCUT2D eigenvalue weighted by atomic mass is 16.5. The van der Waals surface area contributed by atoms with E-state index in [2.05, 4.69) is 33.3 Å². The maximum absolute atomic E-state index is 12.5. The number of aromatic nitrogens is 2. The summed E-state index contributed by atoms with van der Waals surface area (Å²) in [6, 6.07) is 5.54. The largest absolute Gasteiger partial charge is 0.495 e. The number of nitrogens with one attached hydrogen (secondary N) is 1. The Balaban J connectivity index is 1.56. The molecule has 11 nitrogen and oxygen atoms in total. The van der Waals surface area contributed by atoms with Crippen LogP contribution in [0.4, 0.5) is 23.1 Å². The maximum Gasteiger partial charge on any atom is 0.254 e. The molecule has 1 aromatic carbocycles. The van der Waals surface area contributed by atoms with Crippen LogP contribution in [0.2, 0.25) is 0 Å². The Labute approximate surface area is 209 Å². The molecule has 3 N–H and O–H groups in total. The van der Waals surface area contributed by atoms with Gasteiger partial charge in [0.1, 0.15) is 11.3 Å². The number of carbonyl (C=O) groups is 3. The summed E-state index contributed by atoms with van der Waals surface area (Å²) in [4.78, 5) is 50.4. The SMILES string of the molecule is C=CC(=O)N1CCN(c2ccc(Nc3ncc(C(N)=O)c(N(C(=O)C=C)C4CC4)n3)cc2OC)CC1. The lowest BCUT2D eigenvalue weighted by atomic mass is 10.2. The molecule has 0 radical (unpaired) electrons. The van der Waals surface area contributed by atoms with E-state index in [0.29, 0.717) is 37.6 Å². The molecule has 2 aliphatic rings. The van der Waals surface area contributed by atoms with Crippen LogP contribution in [0.25, 0.3) is 0 Å². The van der Waals surface area contributed by atoms with E-state index in [0.717, 1.165) is 18.5 Å². The Morgan fingerprint density at radius 1 is 1.17 bits per heavy atom. The number of anilines is 4. The molecule has 2 heterocycles. The summed E-state index contributed by atoms with van der Waals surface area (Å²) in [6.45, 7) is 9.63. The van der Waals surface area contributed by atoms with Crippen molar-refractivity contribution in [2.45, 2.75) is 18.9 Å². The average molecular weight is 492 g/mol. The zero-order valence-corrected chi connectivity index (χ0v) is 20.1. The van der Waals surface area contributed by atoms with Crippen molar-refractivity contribution in [2.24, 2.45) is 5.73 Å². The van der Waals surface area contributed by atoms with E-state index in [9.17, 15) is 14.4 Å². The second-order valence-corrected chi connectivity index (χ2v) is 8.47. The monoisotopic (exact) mass is 491 g/mol. The van der Waals surface area contributed by atoms with Crippen molar-refractivity contribution in [3.8, 4) is 5.75 Å². The van der Waals surface area contributed by atoms with Gasteiger partial charge in [-0.05, 0) is 37.1 Å². The number of hydrogen-bond donors (Lipinski definition) is 2. The van der Waals surface area contributed by atoms with E-state index in [1.54, 1.807) is 12.0 Å². The van der Waals surface area contributed by atoms with E-state index in [1.807, 2.05) is 18.2 Å². The van der Waals surface area contributed by atoms with E-state index < -0.39 is 5.91 Å². The second-order valence-electron chi connectivity index (χ2n) is 8.47. The number of piperazine rings is 1. The third kappa shape index (κ3) is 5.14. The summed E-state index contributed by atoms with van der Waals surface area (Å²) in [7, 11) is 1.59. The first-order valence-corrected chi connectivity index (χ1v) is 11.6. The lowest BCUT2D eigenvalue weighted by molar-refractivity contribution is -0.126. The summed E-state index contributed by atoms with van der Waals surface area (Å²) in [5.74, 6) is -0.158. The highest BCUT2D eigenvalue weighted by molar-refractivity contribution is 6.07. The fourth-order valence-corrected chi connectivity index (χ4v) is 4.12. The van der Waals surface area contributed by atoms with Crippen LogP contribution in [0.5, 0.6) is 5.75 Å². The third-order valence-electron chi connectivity index (χ3n) is 6.13. The molecule has 0 atom stereocenters. The summed E-state index contributed by atoms with van der Waals surface area (Å²) in [5, 5.41) is 3.12. The van der Waals surface area contributed by atoms with Gasteiger partial charge in [-0.3, -0.25) is 19.3 Å². The molecule has 1 saturated carbocycles. The molecule has 188 valence electrons. The fraction of sp³-hybridized carbons (Fsp3) is 0.320. The van der Waals surface area contributed by atoms with Crippen LogP contribution in [0, 0.1) is 0 Å². The number of ether oxygens (including phenoxy) is 1. The number of primary amides is 1. The number of amides is 3. The van der Waals surface area contributed by atoms with Gasteiger partial charge in [-0.15, -0.1) is 0 Å². The molecule has 3 amide bonds. The highest BCUT2D eigenvalue weighted by Crippen LogP contribution is 2.35. The van der Waals surface area contributed by atoms with Gasteiger partial charge in [0.2, 0.25) is 11.9 Å². The minimum absolute atomic E-state index is 0.0574. The lowest BCUT2D eigenvalue weighted by Crippen LogP contribution is -2.48. The minimum Gasteiger partial charge on any atom is -0.495 e. The summed E-state index contributed by atoms with van der Waals surface area (Å²) >= 11 is 0. The Kier molecular flexibility index (Phi) is 7.18. The number of nitrogens with two attached hydrogens (primary N) is 1. The predicted octanol–water partition coefficient (Wildman–Crippen LogP) is 1.84. The number of rotatable bonds is 9. The van der Waals surface area contributed by atoms with Crippen molar-refractivity contribution >= 4 is 40.9 Å². The van der Waals surface area contributed by atoms with Gasteiger partial charge in [0.15, 0.2) is 5.82 Å². The van der Waals surface area contributed by atoms with Crippen molar-refractivity contribution in [1.29, 1.82) is 0 Å². The number of hydrogen-bond acceptors (Lipinski definition) is 8. The Morgan fingerprint density at radius 3 is 2.47 bits per heavy atom. The van der Waals surface area contributed by atoms with E-state index >= 15 is 0 Å². The summed E-state index contributed by atoms with van der Waals surface area (Å²) < 4.78 is 5.63. The molecule has 2 aromatic rings. The third-order valence-corrected chi connectivity index (χ3v) is 6.13. The molecule has 1 aliphatic heterocycles. The first kappa shape index (κ1) is 24.7. The molecule has 0 spiro atoms. The van der Waals surface area contributed by atoms with Crippen LogP contribution in [-0.2, 0) is 9.59 Å². The molecule has 11 heteroatoms.